The standard InChI is InChI=1S/C11H11NO2/c1-7-3-5-9(6-4-7)10-11(13)8(2)14-12-10/h3-6,13H,1-2H3. The zero-order valence-corrected chi connectivity index (χ0v) is 8.11. The quantitative estimate of drug-likeness (QED) is 0.750. The Bertz CT molecular complexity index is 443. The van der Waals surface area contributed by atoms with Crippen LogP contribution in [0.3, 0.4) is 0 Å². The first-order valence-electron chi connectivity index (χ1n) is 4.41. The van der Waals surface area contributed by atoms with Crippen molar-refractivity contribution < 1.29 is 9.63 Å². The van der Waals surface area contributed by atoms with E-state index in [0.717, 1.165) is 5.56 Å². The topological polar surface area (TPSA) is 46.3 Å². The Kier molecular flexibility index (Phi) is 2.00. The lowest BCUT2D eigenvalue weighted by atomic mass is 10.1. The Morgan fingerprint density at radius 3 is 2.29 bits per heavy atom. The Hall–Kier alpha value is -1.77. The van der Waals surface area contributed by atoms with Gasteiger partial charge >= 0.3 is 0 Å². The van der Waals surface area contributed by atoms with Crippen LogP contribution in [0.15, 0.2) is 28.8 Å². The predicted molar refractivity (Wildman–Crippen MR) is 53.1 cm³/mol. The minimum Gasteiger partial charge on any atom is -0.503 e. The summed E-state index contributed by atoms with van der Waals surface area (Å²) in [5.74, 6) is 0.564. The SMILES string of the molecule is Cc1ccc(-c2noc(C)c2O)cc1. The molecule has 0 saturated heterocycles. The Morgan fingerprint density at radius 2 is 1.79 bits per heavy atom. The molecule has 3 nitrogen and oxygen atoms in total. The van der Waals surface area contributed by atoms with Crippen LogP contribution in [0.4, 0.5) is 0 Å². The molecule has 2 rings (SSSR count). The van der Waals surface area contributed by atoms with Crippen LogP contribution >= 0.6 is 0 Å². The van der Waals surface area contributed by atoms with Crippen molar-refractivity contribution in [3.05, 3.63) is 35.6 Å². The van der Waals surface area contributed by atoms with Gasteiger partial charge in [0, 0.05) is 12.5 Å². The van der Waals surface area contributed by atoms with Crippen LogP contribution in [0.1, 0.15) is 11.3 Å². The molecule has 0 spiro atoms. The summed E-state index contributed by atoms with van der Waals surface area (Å²) in [5, 5.41) is 13.4. The van der Waals surface area contributed by atoms with Crippen molar-refractivity contribution in [2.75, 3.05) is 0 Å². The van der Waals surface area contributed by atoms with Gasteiger partial charge in [-0.2, -0.15) is 0 Å². The van der Waals surface area contributed by atoms with Crippen molar-refractivity contribution in [1.82, 2.24) is 5.16 Å². The maximum Gasteiger partial charge on any atom is 0.186 e. The van der Waals surface area contributed by atoms with E-state index in [0.29, 0.717) is 11.5 Å². The highest BCUT2D eigenvalue weighted by molar-refractivity contribution is 5.66. The maximum atomic E-state index is 9.60. The highest BCUT2D eigenvalue weighted by Gasteiger charge is 2.12. The van der Waals surface area contributed by atoms with Crippen LogP contribution in [0.5, 0.6) is 5.75 Å². The van der Waals surface area contributed by atoms with E-state index in [2.05, 4.69) is 5.16 Å². The molecule has 72 valence electrons. The molecule has 0 fully saturated rings. The van der Waals surface area contributed by atoms with Crippen LogP contribution in [0.25, 0.3) is 11.3 Å². The third kappa shape index (κ3) is 1.37. The summed E-state index contributed by atoms with van der Waals surface area (Å²) in [4.78, 5) is 0. The number of hydrogen-bond donors (Lipinski definition) is 1. The van der Waals surface area contributed by atoms with Gasteiger partial charge in [-0.1, -0.05) is 35.0 Å². The summed E-state index contributed by atoms with van der Waals surface area (Å²) >= 11 is 0. The molecule has 1 heterocycles. The van der Waals surface area contributed by atoms with Gasteiger partial charge in [0.1, 0.15) is 0 Å². The van der Waals surface area contributed by atoms with Gasteiger partial charge in [0.25, 0.3) is 0 Å². The van der Waals surface area contributed by atoms with Crippen LogP contribution in [-0.4, -0.2) is 10.3 Å². The molecule has 0 aliphatic rings. The van der Waals surface area contributed by atoms with E-state index in [1.165, 1.54) is 5.56 Å². The molecule has 0 aliphatic carbocycles. The second-order valence-corrected chi connectivity index (χ2v) is 3.30. The molecule has 0 bridgehead atoms. The van der Waals surface area contributed by atoms with Gasteiger partial charge in [0.2, 0.25) is 0 Å². The summed E-state index contributed by atoms with van der Waals surface area (Å²) < 4.78 is 4.88. The zero-order valence-electron chi connectivity index (χ0n) is 8.11. The van der Waals surface area contributed by atoms with Crippen LogP contribution in [0.2, 0.25) is 0 Å². The molecular weight excluding hydrogens is 178 g/mol. The third-order valence-electron chi connectivity index (χ3n) is 2.16. The number of aromatic nitrogens is 1. The second-order valence-electron chi connectivity index (χ2n) is 3.30. The van der Waals surface area contributed by atoms with Gasteiger partial charge < -0.3 is 9.63 Å². The first-order chi connectivity index (χ1) is 6.68. The van der Waals surface area contributed by atoms with E-state index in [1.54, 1.807) is 6.92 Å². The van der Waals surface area contributed by atoms with Gasteiger partial charge in [0.15, 0.2) is 17.2 Å². The number of nitrogens with zero attached hydrogens (tertiary/aromatic N) is 1. The average molecular weight is 189 g/mol. The smallest absolute Gasteiger partial charge is 0.186 e. The van der Waals surface area contributed by atoms with Gasteiger partial charge in [-0.05, 0) is 6.92 Å². The fourth-order valence-electron chi connectivity index (χ4n) is 1.27. The van der Waals surface area contributed by atoms with Gasteiger partial charge in [-0.3, -0.25) is 0 Å². The molecule has 0 unspecified atom stereocenters. The van der Waals surface area contributed by atoms with E-state index in [9.17, 15) is 5.11 Å². The molecule has 0 amide bonds. The minimum absolute atomic E-state index is 0.119. The van der Waals surface area contributed by atoms with Gasteiger partial charge in [0.05, 0.1) is 0 Å². The molecular formula is C11H11NO2. The first kappa shape index (κ1) is 8.81. The average Bonchev–Trinajstić information content (AvgIpc) is 2.50. The lowest BCUT2D eigenvalue weighted by molar-refractivity contribution is 0.384. The van der Waals surface area contributed by atoms with Crippen molar-refractivity contribution >= 4 is 0 Å². The molecule has 0 saturated carbocycles. The van der Waals surface area contributed by atoms with E-state index < -0.39 is 0 Å². The minimum atomic E-state index is 0.119. The molecule has 14 heavy (non-hydrogen) atoms. The van der Waals surface area contributed by atoms with Crippen molar-refractivity contribution in [2.24, 2.45) is 0 Å². The Labute approximate surface area is 82.0 Å². The largest absolute Gasteiger partial charge is 0.503 e. The van der Waals surface area contributed by atoms with Gasteiger partial charge in [-0.15, -0.1) is 0 Å². The summed E-state index contributed by atoms with van der Waals surface area (Å²) in [6, 6.07) is 7.76. The van der Waals surface area contributed by atoms with Gasteiger partial charge in [-0.25, -0.2) is 0 Å². The van der Waals surface area contributed by atoms with Crippen molar-refractivity contribution in [2.45, 2.75) is 13.8 Å². The van der Waals surface area contributed by atoms with Crippen LogP contribution in [-0.2, 0) is 0 Å². The fourth-order valence-corrected chi connectivity index (χ4v) is 1.27. The lowest BCUT2D eigenvalue weighted by Gasteiger charge is -1.97. The summed E-state index contributed by atoms with van der Waals surface area (Å²) in [6.45, 7) is 3.69. The molecule has 1 aromatic carbocycles. The molecule has 0 atom stereocenters. The molecule has 3 heteroatoms. The molecule has 2 aromatic rings. The second kappa shape index (κ2) is 3.18. The summed E-state index contributed by atoms with van der Waals surface area (Å²) in [7, 11) is 0. The zero-order chi connectivity index (χ0) is 10.1. The van der Waals surface area contributed by atoms with E-state index in [4.69, 9.17) is 4.52 Å². The lowest BCUT2D eigenvalue weighted by Crippen LogP contribution is -1.78. The van der Waals surface area contributed by atoms with E-state index in [1.807, 2.05) is 31.2 Å². The number of benzene rings is 1. The molecule has 0 radical (unpaired) electrons. The van der Waals surface area contributed by atoms with Crippen LogP contribution < -0.4 is 0 Å². The van der Waals surface area contributed by atoms with Crippen molar-refractivity contribution in [3.8, 4) is 17.0 Å². The first-order valence-corrected chi connectivity index (χ1v) is 4.41. The normalized spacial score (nSPS) is 10.4. The van der Waals surface area contributed by atoms with Crippen molar-refractivity contribution in [1.29, 1.82) is 0 Å². The molecule has 1 N–H and O–H groups in total. The summed E-state index contributed by atoms with van der Waals surface area (Å²) in [5.41, 5.74) is 2.54. The number of aryl methyl sites for hydroxylation is 2. The fraction of sp³-hybridized carbons (Fsp3) is 0.182. The van der Waals surface area contributed by atoms with E-state index >= 15 is 0 Å². The van der Waals surface area contributed by atoms with Crippen LogP contribution in [0, 0.1) is 13.8 Å². The number of aromatic hydroxyl groups is 1. The molecule has 1 aromatic heterocycles. The Balaban J connectivity index is 2.49. The number of rotatable bonds is 1. The Morgan fingerprint density at radius 1 is 1.14 bits per heavy atom. The van der Waals surface area contributed by atoms with E-state index in [-0.39, 0.29) is 5.75 Å². The maximum absolute atomic E-state index is 9.60. The monoisotopic (exact) mass is 189 g/mol. The summed E-state index contributed by atoms with van der Waals surface area (Å²) in [6.07, 6.45) is 0. The van der Waals surface area contributed by atoms with Crippen molar-refractivity contribution in [3.63, 3.8) is 0 Å². The predicted octanol–water partition coefficient (Wildman–Crippen LogP) is 2.66. The number of hydrogen-bond acceptors (Lipinski definition) is 3. The third-order valence-corrected chi connectivity index (χ3v) is 2.16. The highest BCUT2D eigenvalue weighted by Crippen LogP contribution is 2.30. The molecule has 0 aliphatic heterocycles. The highest BCUT2D eigenvalue weighted by atomic mass is 16.5.